The Hall–Kier alpha value is -1.98. The summed E-state index contributed by atoms with van der Waals surface area (Å²) in [6.07, 6.45) is 9.34. The van der Waals surface area contributed by atoms with Gasteiger partial charge < -0.3 is 10.2 Å². The molecule has 1 aliphatic heterocycles. The van der Waals surface area contributed by atoms with Crippen molar-refractivity contribution in [3.63, 3.8) is 0 Å². The zero-order valence-electron chi connectivity index (χ0n) is 13.6. The molecule has 124 valence electrons. The number of carbonyl (C=O) groups is 2. The molecule has 1 aromatic rings. The summed E-state index contributed by atoms with van der Waals surface area (Å²) in [4.78, 5) is 34.4. The largest absolute Gasteiger partial charge is 0.348 e. The Bertz CT molecular complexity index is 584. The van der Waals surface area contributed by atoms with Crippen LogP contribution in [0.4, 0.5) is 0 Å². The molecule has 6 heteroatoms. The maximum absolute atomic E-state index is 12.5. The van der Waals surface area contributed by atoms with Gasteiger partial charge in [0.1, 0.15) is 5.69 Å². The third-order valence-electron chi connectivity index (χ3n) is 4.89. The minimum Gasteiger partial charge on any atom is -0.348 e. The van der Waals surface area contributed by atoms with Crippen molar-refractivity contribution >= 4 is 11.8 Å². The Labute approximate surface area is 136 Å². The SMILES string of the molecule is CC(=O)N1CC[C@H](Cc2nccnc2C(=O)NC2CCCC2)C1. The Morgan fingerprint density at radius 1 is 1.22 bits per heavy atom. The molecule has 2 amide bonds. The maximum atomic E-state index is 12.5. The van der Waals surface area contributed by atoms with Gasteiger partial charge in [0, 0.05) is 38.4 Å². The number of rotatable bonds is 4. The molecule has 0 radical (unpaired) electrons. The van der Waals surface area contributed by atoms with Crippen molar-refractivity contribution in [1.29, 1.82) is 0 Å². The molecule has 2 heterocycles. The van der Waals surface area contributed by atoms with E-state index in [4.69, 9.17) is 0 Å². The van der Waals surface area contributed by atoms with Gasteiger partial charge in [0.25, 0.3) is 5.91 Å². The van der Waals surface area contributed by atoms with Gasteiger partial charge in [0.05, 0.1) is 5.69 Å². The Morgan fingerprint density at radius 2 is 1.96 bits per heavy atom. The van der Waals surface area contributed by atoms with Gasteiger partial charge in [-0.1, -0.05) is 12.8 Å². The van der Waals surface area contributed by atoms with Crippen molar-refractivity contribution in [2.24, 2.45) is 5.92 Å². The molecule has 3 rings (SSSR count). The van der Waals surface area contributed by atoms with Crippen LogP contribution in [-0.2, 0) is 11.2 Å². The fourth-order valence-electron chi connectivity index (χ4n) is 3.59. The van der Waals surface area contributed by atoms with Crippen LogP contribution in [0, 0.1) is 5.92 Å². The summed E-state index contributed by atoms with van der Waals surface area (Å²) < 4.78 is 0. The van der Waals surface area contributed by atoms with E-state index in [1.807, 2.05) is 4.90 Å². The van der Waals surface area contributed by atoms with E-state index in [1.165, 1.54) is 12.8 Å². The molecule has 1 N–H and O–H groups in total. The monoisotopic (exact) mass is 316 g/mol. The molecule has 0 bridgehead atoms. The first kappa shape index (κ1) is 15.9. The Morgan fingerprint density at radius 3 is 2.65 bits per heavy atom. The first-order valence-corrected chi connectivity index (χ1v) is 8.49. The summed E-state index contributed by atoms with van der Waals surface area (Å²) in [5.41, 5.74) is 1.19. The number of aromatic nitrogens is 2. The van der Waals surface area contributed by atoms with Crippen LogP contribution in [0.5, 0.6) is 0 Å². The van der Waals surface area contributed by atoms with Gasteiger partial charge >= 0.3 is 0 Å². The molecular weight excluding hydrogens is 292 g/mol. The highest BCUT2D eigenvalue weighted by Gasteiger charge is 2.27. The van der Waals surface area contributed by atoms with Crippen molar-refractivity contribution in [2.45, 2.75) is 51.5 Å². The average Bonchev–Trinajstić information content (AvgIpc) is 3.19. The lowest BCUT2D eigenvalue weighted by molar-refractivity contribution is -0.127. The van der Waals surface area contributed by atoms with Gasteiger partial charge in [0.2, 0.25) is 5.91 Å². The van der Waals surface area contributed by atoms with Crippen LogP contribution in [0.15, 0.2) is 12.4 Å². The van der Waals surface area contributed by atoms with Gasteiger partial charge in [-0.15, -0.1) is 0 Å². The van der Waals surface area contributed by atoms with Crippen molar-refractivity contribution in [2.75, 3.05) is 13.1 Å². The van der Waals surface area contributed by atoms with Crippen LogP contribution in [0.25, 0.3) is 0 Å². The fraction of sp³-hybridized carbons (Fsp3) is 0.647. The quantitative estimate of drug-likeness (QED) is 0.914. The van der Waals surface area contributed by atoms with E-state index in [0.29, 0.717) is 18.0 Å². The predicted molar refractivity (Wildman–Crippen MR) is 85.8 cm³/mol. The first-order valence-electron chi connectivity index (χ1n) is 8.49. The van der Waals surface area contributed by atoms with E-state index >= 15 is 0 Å². The topological polar surface area (TPSA) is 75.2 Å². The van der Waals surface area contributed by atoms with Crippen molar-refractivity contribution in [1.82, 2.24) is 20.2 Å². The predicted octanol–water partition coefficient (Wildman–Crippen LogP) is 1.56. The van der Waals surface area contributed by atoms with Gasteiger partial charge in [-0.05, 0) is 31.6 Å². The number of hydrogen-bond acceptors (Lipinski definition) is 4. The van der Waals surface area contributed by atoms with Crippen LogP contribution in [-0.4, -0.2) is 45.8 Å². The normalized spacial score (nSPS) is 21.6. The highest BCUT2D eigenvalue weighted by molar-refractivity contribution is 5.93. The second-order valence-electron chi connectivity index (χ2n) is 6.63. The minimum absolute atomic E-state index is 0.110. The van der Waals surface area contributed by atoms with Crippen molar-refractivity contribution < 1.29 is 9.59 Å². The summed E-state index contributed by atoms with van der Waals surface area (Å²) in [5.74, 6) is 0.362. The lowest BCUT2D eigenvalue weighted by atomic mass is 10.0. The molecule has 0 spiro atoms. The third-order valence-corrected chi connectivity index (χ3v) is 4.89. The van der Waals surface area contributed by atoms with E-state index in [0.717, 1.165) is 38.0 Å². The molecule has 6 nitrogen and oxygen atoms in total. The molecule has 0 unspecified atom stereocenters. The molecule has 2 aliphatic rings. The molecule has 1 saturated carbocycles. The summed E-state index contributed by atoms with van der Waals surface area (Å²) in [6.45, 7) is 3.14. The Kier molecular flexibility index (Phi) is 4.88. The highest BCUT2D eigenvalue weighted by Crippen LogP contribution is 2.22. The van der Waals surface area contributed by atoms with Crippen molar-refractivity contribution in [3.8, 4) is 0 Å². The van der Waals surface area contributed by atoms with Crippen LogP contribution in [0.1, 0.15) is 55.2 Å². The lowest BCUT2D eigenvalue weighted by Gasteiger charge is -2.16. The van der Waals surface area contributed by atoms with E-state index in [2.05, 4.69) is 15.3 Å². The van der Waals surface area contributed by atoms with E-state index in [1.54, 1.807) is 19.3 Å². The van der Waals surface area contributed by atoms with Crippen LogP contribution < -0.4 is 5.32 Å². The fourth-order valence-corrected chi connectivity index (χ4v) is 3.59. The smallest absolute Gasteiger partial charge is 0.271 e. The van der Waals surface area contributed by atoms with Crippen molar-refractivity contribution in [3.05, 3.63) is 23.8 Å². The number of nitrogens with one attached hydrogen (secondary N) is 1. The number of likely N-dealkylation sites (tertiary alicyclic amines) is 1. The van der Waals surface area contributed by atoms with E-state index in [-0.39, 0.29) is 17.9 Å². The lowest BCUT2D eigenvalue weighted by Crippen LogP contribution is -2.34. The second kappa shape index (κ2) is 7.06. The molecule has 1 aromatic heterocycles. The molecule has 0 aromatic carbocycles. The third kappa shape index (κ3) is 3.86. The van der Waals surface area contributed by atoms with Gasteiger partial charge in [0.15, 0.2) is 0 Å². The zero-order chi connectivity index (χ0) is 16.2. The number of amides is 2. The van der Waals surface area contributed by atoms with Gasteiger partial charge in [-0.3, -0.25) is 14.6 Å². The summed E-state index contributed by atoms with van der Waals surface area (Å²) in [6, 6.07) is 0.275. The molecule has 1 atom stereocenters. The molecular formula is C17H24N4O2. The van der Waals surface area contributed by atoms with Crippen LogP contribution in [0.3, 0.4) is 0 Å². The molecule has 1 aliphatic carbocycles. The van der Waals surface area contributed by atoms with Gasteiger partial charge in [-0.2, -0.15) is 0 Å². The van der Waals surface area contributed by atoms with Crippen LogP contribution in [0.2, 0.25) is 0 Å². The highest BCUT2D eigenvalue weighted by atomic mass is 16.2. The number of nitrogens with zero attached hydrogens (tertiary/aromatic N) is 3. The molecule has 23 heavy (non-hydrogen) atoms. The maximum Gasteiger partial charge on any atom is 0.271 e. The van der Waals surface area contributed by atoms with Crippen LogP contribution >= 0.6 is 0 Å². The standard InChI is InChI=1S/C17H24N4O2/c1-12(22)21-9-6-13(11-21)10-15-16(19-8-7-18-15)17(23)20-14-4-2-3-5-14/h7-8,13-14H,2-6,9-11H2,1H3,(H,20,23)/t13-/m1/s1. The number of carbonyl (C=O) groups excluding carboxylic acids is 2. The average molecular weight is 316 g/mol. The van der Waals surface area contributed by atoms with E-state index in [9.17, 15) is 9.59 Å². The Balaban J connectivity index is 1.65. The summed E-state index contributed by atoms with van der Waals surface area (Å²) in [5, 5.41) is 3.08. The zero-order valence-corrected chi connectivity index (χ0v) is 13.6. The number of hydrogen-bond donors (Lipinski definition) is 1. The molecule has 2 fully saturated rings. The first-order chi connectivity index (χ1) is 11.1. The van der Waals surface area contributed by atoms with Gasteiger partial charge in [-0.25, -0.2) is 4.98 Å². The summed E-state index contributed by atoms with van der Waals surface area (Å²) in [7, 11) is 0. The second-order valence-corrected chi connectivity index (χ2v) is 6.63. The summed E-state index contributed by atoms with van der Waals surface area (Å²) >= 11 is 0. The van der Waals surface area contributed by atoms with E-state index < -0.39 is 0 Å². The minimum atomic E-state index is -0.110. The molecule has 1 saturated heterocycles.